The van der Waals surface area contributed by atoms with Gasteiger partial charge in [-0.1, -0.05) is 143 Å². The third-order valence-corrected chi connectivity index (χ3v) is 13.2. The zero-order valence-corrected chi connectivity index (χ0v) is 33.7. The second-order valence-corrected chi connectivity index (χ2v) is 16.8. The largest absolute Gasteiger partial charge is 0.456 e. The number of rotatable bonds is 5. The number of anilines is 3. The molecule has 1 aliphatic rings. The van der Waals surface area contributed by atoms with E-state index >= 15 is 0 Å². The first kappa shape index (κ1) is 36.1. The first-order chi connectivity index (χ1) is 30.0. The summed E-state index contributed by atoms with van der Waals surface area (Å²) in [5.41, 5.74) is 17.3. The maximum Gasteiger partial charge on any atom is 0.159 e. The maximum absolute atomic E-state index is 6.82. The Morgan fingerprint density at radius 2 is 1.05 bits per heavy atom. The van der Waals surface area contributed by atoms with Gasteiger partial charge in [0.15, 0.2) is 5.58 Å². The van der Waals surface area contributed by atoms with Crippen LogP contribution < -0.4 is 4.90 Å². The van der Waals surface area contributed by atoms with E-state index in [2.05, 4.69) is 211 Å². The van der Waals surface area contributed by atoms with Gasteiger partial charge < -0.3 is 18.3 Å². The highest BCUT2D eigenvalue weighted by atomic mass is 16.3. The molecule has 0 saturated carbocycles. The predicted molar refractivity (Wildman–Crippen MR) is 260 cm³/mol. The van der Waals surface area contributed by atoms with Crippen LogP contribution in [0.2, 0.25) is 0 Å². The van der Waals surface area contributed by atoms with Crippen molar-refractivity contribution >= 4 is 82.7 Å². The zero-order chi connectivity index (χ0) is 40.4. The van der Waals surface area contributed by atoms with Gasteiger partial charge in [0.2, 0.25) is 0 Å². The van der Waals surface area contributed by atoms with E-state index in [9.17, 15) is 0 Å². The van der Waals surface area contributed by atoms with E-state index in [4.69, 9.17) is 8.83 Å². The predicted octanol–water partition coefficient (Wildman–Crippen LogP) is 16.7. The molecule has 0 unspecified atom stereocenters. The van der Waals surface area contributed by atoms with Crippen molar-refractivity contribution in [2.24, 2.45) is 0 Å². The molecule has 0 fully saturated rings. The summed E-state index contributed by atoms with van der Waals surface area (Å²) in [5.74, 6) is 0. The molecule has 0 saturated heterocycles. The third-order valence-electron chi connectivity index (χ3n) is 13.2. The van der Waals surface area contributed by atoms with Crippen molar-refractivity contribution in [3.05, 3.63) is 205 Å². The molecule has 3 heterocycles. The normalized spacial score (nSPS) is 13.0. The summed E-state index contributed by atoms with van der Waals surface area (Å²) in [6, 6.07) is 69.8. The molecular weight excluding hydrogens is 757 g/mol. The minimum Gasteiger partial charge on any atom is -0.456 e. The fourth-order valence-electron chi connectivity index (χ4n) is 10.4. The lowest BCUT2D eigenvalue weighted by Gasteiger charge is -2.29. The highest BCUT2D eigenvalue weighted by Crippen LogP contribution is 2.56. The Hall–Kier alpha value is -7.82. The molecular formula is C58H42N2O2. The van der Waals surface area contributed by atoms with Crippen LogP contribution in [0.25, 0.3) is 93.6 Å². The summed E-state index contributed by atoms with van der Waals surface area (Å²) in [5, 5.41) is 6.76. The lowest BCUT2D eigenvalue weighted by Crippen LogP contribution is -2.16. The van der Waals surface area contributed by atoms with Gasteiger partial charge in [0, 0.05) is 43.6 Å². The number of hydrogen-bond donors (Lipinski definition) is 0. The molecule has 0 bridgehead atoms. The number of para-hydroxylation sites is 4. The standard InChI is InChI=1S/C57H38N2O2.CH4/c1-57(2)44-21-9-6-19-41(44)54-45(57)22-13-24-48(54)59(50-26-12-20-40-39-18-8-11-27-51(39)61-56(40)50)49-25-14-28-53-55(49)43-34-36(30-32-52(43)60-53)35-29-31-47-42(33-35)38-17-7-10-23-46(38)58(47)37-15-4-3-5-16-37;/h3-34H,1-2H3;1H4. The van der Waals surface area contributed by atoms with Crippen molar-refractivity contribution < 1.29 is 8.83 Å². The first-order valence-electron chi connectivity index (χ1n) is 21.0. The van der Waals surface area contributed by atoms with Crippen molar-refractivity contribution in [1.29, 1.82) is 0 Å². The van der Waals surface area contributed by atoms with Crippen LogP contribution in [0.3, 0.4) is 0 Å². The first-order valence-corrected chi connectivity index (χ1v) is 21.0. The number of fused-ring (bicyclic) bond motifs is 12. The van der Waals surface area contributed by atoms with E-state index in [0.717, 1.165) is 77.8 Å². The molecule has 0 amide bonds. The van der Waals surface area contributed by atoms with Crippen LogP contribution in [0.5, 0.6) is 0 Å². The quantitative estimate of drug-likeness (QED) is 0.174. The van der Waals surface area contributed by atoms with Gasteiger partial charge in [0.25, 0.3) is 0 Å². The second kappa shape index (κ2) is 13.3. The summed E-state index contributed by atoms with van der Waals surface area (Å²) in [6.07, 6.45) is 0. The Morgan fingerprint density at radius 3 is 1.94 bits per heavy atom. The summed E-state index contributed by atoms with van der Waals surface area (Å²) in [4.78, 5) is 2.43. The minimum absolute atomic E-state index is 0. The molecule has 0 aliphatic heterocycles. The molecule has 4 heteroatoms. The Balaban J connectivity index is 0.00000410. The Bertz CT molecular complexity index is 3750. The Kier molecular flexibility index (Phi) is 7.76. The van der Waals surface area contributed by atoms with Crippen LogP contribution in [0, 0.1) is 0 Å². The molecule has 0 radical (unpaired) electrons. The number of hydrogen-bond acceptors (Lipinski definition) is 3. The summed E-state index contributed by atoms with van der Waals surface area (Å²) in [7, 11) is 0. The van der Waals surface area contributed by atoms with E-state index in [1.54, 1.807) is 0 Å². The smallest absolute Gasteiger partial charge is 0.159 e. The number of aromatic nitrogens is 1. The summed E-state index contributed by atoms with van der Waals surface area (Å²) < 4.78 is 15.9. The van der Waals surface area contributed by atoms with Gasteiger partial charge in [-0.05, 0) is 101 Å². The van der Waals surface area contributed by atoms with E-state index < -0.39 is 0 Å². The molecule has 1 aliphatic carbocycles. The number of furan rings is 2. The SMILES string of the molecule is C.CC1(C)c2ccccc2-c2c(N(c3cccc4c3oc3ccccc34)c3cccc4oc5ccc(-c6ccc7c(c6)c6ccccc6n7-c6ccccc6)cc5c34)cccc21. The van der Waals surface area contributed by atoms with Crippen LogP contribution in [-0.4, -0.2) is 4.57 Å². The van der Waals surface area contributed by atoms with E-state index in [1.165, 1.54) is 44.1 Å². The average Bonchev–Trinajstić information content (AvgIpc) is 4.04. The monoisotopic (exact) mass is 798 g/mol. The van der Waals surface area contributed by atoms with Crippen molar-refractivity contribution in [1.82, 2.24) is 4.57 Å². The van der Waals surface area contributed by atoms with Crippen molar-refractivity contribution in [3.8, 4) is 27.9 Å². The molecule has 13 rings (SSSR count). The molecule has 0 spiro atoms. The fraction of sp³-hybridized carbons (Fsp3) is 0.0690. The highest BCUT2D eigenvalue weighted by Gasteiger charge is 2.38. The van der Waals surface area contributed by atoms with Gasteiger partial charge in [0.05, 0.1) is 33.5 Å². The molecule has 3 aromatic heterocycles. The second-order valence-electron chi connectivity index (χ2n) is 16.8. The highest BCUT2D eigenvalue weighted by molar-refractivity contribution is 6.18. The van der Waals surface area contributed by atoms with Crippen molar-refractivity contribution in [2.45, 2.75) is 26.7 Å². The van der Waals surface area contributed by atoms with Gasteiger partial charge in [-0.15, -0.1) is 0 Å². The van der Waals surface area contributed by atoms with Gasteiger partial charge in [-0.3, -0.25) is 0 Å². The molecule has 0 atom stereocenters. The lowest BCUT2D eigenvalue weighted by atomic mass is 9.82. The van der Waals surface area contributed by atoms with Crippen LogP contribution in [0.1, 0.15) is 32.4 Å². The van der Waals surface area contributed by atoms with Gasteiger partial charge in [-0.2, -0.15) is 0 Å². The summed E-state index contributed by atoms with van der Waals surface area (Å²) in [6.45, 7) is 4.68. The Labute approximate surface area is 359 Å². The van der Waals surface area contributed by atoms with Crippen molar-refractivity contribution in [2.75, 3.05) is 4.90 Å². The van der Waals surface area contributed by atoms with Crippen LogP contribution in [0.4, 0.5) is 17.1 Å². The van der Waals surface area contributed by atoms with Crippen LogP contribution >= 0.6 is 0 Å². The third kappa shape index (κ3) is 5.01. The molecule has 62 heavy (non-hydrogen) atoms. The van der Waals surface area contributed by atoms with E-state index in [1.807, 2.05) is 6.07 Å². The van der Waals surface area contributed by atoms with Crippen LogP contribution in [0.15, 0.2) is 203 Å². The minimum atomic E-state index is -0.170. The Morgan fingerprint density at radius 1 is 0.435 bits per heavy atom. The lowest BCUT2D eigenvalue weighted by molar-refractivity contribution is 0.660. The van der Waals surface area contributed by atoms with Crippen molar-refractivity contribution in [3.63, 3.8) is 0 Å². The maximum atomic E-state index is 6.82. The van der Waals surface area contributed by atoms with Gasteiger partial charge >= 0.3 is 0 Å². The van der Waals surface area contributed by atoms with Gasteiger partial charge in [-0.25, -0.2) is 0 Å². The molecule has 296 valence electrons. The zero-order valence-electron chi connectivity index (χ0n) is 33.7. The van der Waals surface area contributed by atoms with E-state index in [-0.39, 0.29) is 12.8 Å². The van der Waals surface area contributed by atoms with Crippen LogP contribution in [-0.2, 0) is 5.41 Å². The molecule has 0 N–H and O–H groups in total. The fourth-order valence-corrected chi connectivity index (χ4v) is 10.4. The number of benzene rings is 9. The number of nitrogens with zero attached hydrogens (tertiary/aromatic N) is 2. The topological polar surface area (TPSA) is 34.5 Å². The van der Waals surface area contributed by atoms with E-state index in [0.29, 0.717) is 0 Å². The molecule has 4 nitrogen and oxygen atoms in total. The molecule has 9 aromatic carbocycles. The average molecular weight is 799 g/mol. The molecule has 12 aromatic rings. The van der Waals surface area contributed by atoms with Gasteiger partial charge in [0.1, 0.15) is 16.7 Å². The summed E-state index contributed by atoms with van der Waals surface area (Å²) >= 11 is 0.